The highest BCUT2D eigenvalue weighted by molar-refractivity contribution is 4.88. The molecular formula is C13H25NO2. The van der Waals surface area contributed by atoms with Gasteiger partial charge in [0.2, 0.25) is 0 Å². The lowest BCUT2D eigenvalue weighted by Crippen LogP contribution is -2.44. The van der Waals surface area contributed by atoms with Gasteiger partial charge in [-0.2, -0.15) is 0 Å². The van der Waals surface area contributed by atoms with Crippen LogP contribution in [0.3, 0.4) is 0 Å². The van der Waals surface area contributed by atoms with Gasteiger partial charge in [-0.15, -0.1) is 0 Å². The zero-order valence-electron chi connectivity index (χ0n) is 10.5. The first-order valence-corrected chi connectivity index (χ1v) is 6.65. The summed E-state index contributed by atoms with van der Waals surface area (Å²) in [6.45, 7) is 3.23. The largest absolute Gasteiger partial charge is 0.396 e. The van der Waals surface area contributed by atoms with E-state index < -0.39 is 0 Å². The summed E-state index contributed by atoms with van der Waals surface area (Å²) in [7, 11) is 2.21. The topological polar surface area (TPSA) is 32.7 Å². The van der Waals surface area contributed by atoms with Crippen LogP contribution in [-0.4, -0.2) is 49.5 Å². The number of ether oxygens (including phenoxy) is 1. The molecule has 0 bridgehead atoms. The van der Waals surface area contributed by atoms with Gasteiger partial charge in [-0.05, 0) is 32.7 Å². The van der Waals surface area contributed by atoms with Gasteiger partial charge in [-0.25, -0.2) is 0 Å². The van der Waals surface area contributed by atoms with Crippen molar-refractivity contribution in [1.82, 2.24) is 4.90 Å². The number of nitrogens with zero attached hydrogens (tertiary/aromatic N) is 1. The fraction of sp³-hybridized carbons (Fsp3) is 1.00. The molecule has 16 heavy (non-hydrogen) atoms. The van der Waals surface area contributed by atoms with Crippen molar-refractivity contribution < 1.29 is 9.84 Å². The second-order valence-electron chi connectivity index (χ2n) is 5.62. The van der Waals surface area contributed by atoms with Crippen molar-refractivity contribution in [2.24, 2.45) is 5.41 Å². The second-order valence-corrected chi connectivity index (χ2v) is 5.62. The van der Waals surface area contributed by atoms with Crippen molar-refractivity contribution in [2.75, 3.05) is 33.4 Å². The first kappa shape index (κ1) is 12.3. The quantitative estimate of drug-likeness (QED) is 0.792. The fourth-order valence-corrected chi connectivity index (χ4v) is 3.28. The van der Waals surface area contributed by atoms with E-state index in [-0.39, 0.29) is 5.41 Å². The molecule has 0 atom stereocenters. The predicted molar refractivity (Wildman–Crippen MR) is 64.5 cm³/mol. The summed E-state index contributed by atoms with van der Waals surface area (Å²) in [6.07, 6.45) is 7.30. The highest BCUT2D eigenvalue weighted by atomic mass is 16.5. The average Bonchev–Trinajstić information content (AvgIpc) is 2.79. The van der Waals surface area contributed by atoms with Gasteiger partial charge in [0.25, 0.3) is 0 Å². The molecule has 2 fully saturated rings. The van der Waals surface area contributed by atoms with Crippen LogP contribution in [0.25, 0.3) is 0 Å². The Morgan fingerprint density at radius 1 is 1.25 bits per heavy atom. The molecule has 2 rings (SSSR count). The molecule has 1 saturated carbocycles. The Morgan fingerprint density at radius 2 is 1.88 bits per heavy atom. The molecule has 0 aromatic carbocycles. The molecule has 1 aliphatic carbocycles. The molecule has 0 aromatic rings. The van der Waals surface area contributed by atoms with Gasteiger partial charge in [0.1, 0.15) is 0 Å². The molecule has 0 unspecified atom stereocenters. The van der Waals surface area contributed by atoms with Gasteiger partial charge in [0.15, 0.2) is 0 Å². The van der Waals surface area contributed by atoms with Crippen molar-refractivity contribution in [3.63, 3.8) is 0 Å². The van der Waals surface area contributed by atoms with Crippen molar-refractivity contribution in [3.8, 4) is 0 Å². The number of aliphatic hydroxyl groups is 1. The maximum Gasteiger partial charge on any atom is 0.0499 e. The van der Waals surface area contributed by atoms with E-state index in [1.165, 1.54) is 25.7 Å². The number of rotatable bonds is 4. The third kappa shape index (κ3) is 2.76. The first-order chi connectivity index (χ1) is 7.76. The van der Waals surface area contributed by atoms with Crippen LogP contribution in [-0.2, 0) is 4.74 Å². The Hall–Kier alpha value is -0.120. The molecule has 0 amide bonds. The van der Waals surface area contributed by atoms with E-state index >= 15 is 0 Å². The predicted octanol–water partition coefficient (Wildman–Crippen LogP) is 1.65. The molecule has 3 nitrogen and oxygen atoms in total. The molecular weight excluding hydrogens is 202 g/mol. The molecule has 0 aromatic heterocycles. The van der Waals surface area contributed by atoms with E-state index in [0.29, 0.717) is 12.6 Å². The molecule has 1 N–H and O–H groups in total. The molecule has 94 valence electrons. The number of hydrogen-bond acceptors (Lipinski definition) is 3. The van der Waals surface area contributed by atoms with Gasteiger partial charge < -0.3 is 14.7 Å². The number of aliphatic hydroxyl groups excluding tert-OH is 1. The molecule has 1 saturated heterocycles. The van der Waals surface area contributed by atoms with Gasteiger partial charge >= 0.3 is 0 Å². The van der Waals surface area contributed by atoms with E-state index in [4.69, 9.17) is 4.74 Å². The summed E-state index contributed by atoms with van der Waals surface area (Å²) in [5.41, 5.74) is 0.201. The SMILES string of the molecule is CN(CC1(CO)CCCC1)C1CCOCC1. The van der Waals surface area contributed by atoms with Gasteiger partial charge in [0, 0.05) is 37.8 Å². The van der Waals surface area contributed by atoms with E-state index in [1.807, 2.05) is 0 Å². The Kier molecular flexibility index (Phi) is 4.22. The minimum atomic E-state index is 0.201. The van der Waals surface area contributed by atoms with E-state index in [9.17, 15) is 5.11 Å². The standard InChI is InChI=1S/C13H25NO2/c1-14(12-4-8-16-9-5-12)10-13(11-15)6-2-3-7-13/h12,15H,2-11H2,1H3. The fourth-order valence-electron chi connectivity index (χ4n) is 3.28. The molecule has 3 heteroatoms. The molecule has 2 aliphatic rings. The minimum absolute atomic E-state index is 0.201. The van der Waals surface area contributed by atoms with Gasteiger partial charge in [-0.3, -0.25) is 0 Å². The molecule has 0 spiro atoms. The van der Waals surface area contributed by atoms with Gasteiger partial charge in [0.05, 0.1) is 0 Å². The Morgan fingerprint density at radius 3 is 2.44 bits per heavy atom. The van der Waals surface area contributed by atoms with E-state index in [0.717, 1.165) is 32.6 Å². The monoisotopic (exact) mass is 227 g/mol. The Balaban J connectivity index is 1.86. The van der Waals surface area contributed by atoms with Crippen LogP contribution in [0.1, 0.15) is 38.5 Å². The van der Waals surface area contributed by atoms with Crippen LogP contribution < -0.4 is 0 Å². The molecule has 1 aliphatic heterocycles. The van der Waals surface area contributed by atoms with Gasteiger partial charge in [-0.1, -0.05) is 12.8 Å². The van der Waals surface area contributed by atoms with Crippen molar-refractivity contribution >= 4 is 0 Å². The van der Waals surface area contributed by atoms with E-state index in [2.05, 4.69) is 11.9 Å². The number of hydrogen-bond donors (Lipinski definition) is 1. The zero-order valence-corrected chi connectivity index (χ0v) is 10.5. The molecule has 0 radical (unpaired) electrons. The summed E-state index contributed by atoms with van der Waals surface area (Å²) in [4.78, 5) is 2.46. The maximum atomic E-state index is 9.61. The van der Waals surface area contributed by atoms with Crippen LogP contribution in [0.2, 0.25) is 0 Å². The normalized spacial score (nSPS) is 26.4. The van der Waals surface area contributed by atoms with Crippen molar-refractivity contribution in [3.05, 3.63) is 0 Å². The van der Waals surface area contributed by atoms with Crippen molar-refractivity contribution in [1.29, 1.82) is 0 Å². The smallest absolute Gasteiger partial charge is 0.0499 e. The Bertz CT molecular complexity index is 208. The van der Waals surface area contributed by atoms with Crippen molar-refractivity contribution in [2.45, 2.75) is 44.6 Å². The summed E-state index contributed by atoms with van der Waals surface area (Å²) in [5, 5.41) is 9.61. The zero-order chi connectivity index (χ0) is 11.4. The van der Waals surface area contributed by atoms with Crippen LogP contribution in [0.15, 0.2) is 0 Å². The summed E-state index contributed by atoms with van der Waals surface area (Å²) in [6, 6.07) is 0.665. The lowest BCUT2D eigenvalue weighted by Gasteiger charge is -2.37. The molecule has 1 heterocycles. The summed E-state index contributed by atoms with van der Waals surface area (Å²) in [5.74, 6) is 0. The Labute approximate surface area is 98.8 Å². The lowest BCUT2D eigenvalue weighted by molar-refractivity contribution is 0.0154. The average molecular weight is 227 g/mol. The van der Waals surface area contributed by atoms with Crippen LogP contribution >= 0.6 is 0 Å². The third-order valence-electron chi connectivity index (χ3n) is 4.40. The summed E-state index contributed by atoms with van der Waals surface area (Å²) >= 11 is 0. The highest BCUT2D eigenvalue weighted by Gasteiger charge is 2.35. The first-order valence-electron chi connectivity index (χ1n) is 6.65. The third-order valence-corrected chi connectivity index (χ3v) is 4.40. The lowest BCUT2D eigenvalue weighted by atomic mass is 9.86. The van der Waals surface area contributed by atoms with Crippen LogP contribution in [0, 0.1) is 5.41 Å². The second kappa shape index (κ2) is 5.48. The maximum absolute atomic E-state index is 9.61. The minimum Gasteiger partial charge on any atom is -0.396 e. The summed E-state index contributed by atoms with van der Waals surface area (Å²) < 4.78 is 5.40. The highest BCUT2D eigenvalue weighted by Crippen LogP contribution is 2.38. The van der Waals surface area contributed by atoms with E-state index in [1.54, 1.807) is 0 Å². The van der Waals surface area contributed by atoms with Crippen LogP contribution in [0.4, 0.5) is 0 Å². The van der Waals surface area contributed by atoms with Crippen LogP contribution in [0.5, 0.6) is 0 Å².